The molecule has 2 aliphatic rings. The molecule has 5 heteroatoms. The molecule has 0 aromatic heterocycles. The molecule has 0 amide bonds. The highest BCUT2D eigenvalue weighted by molar-refractivity contribution is 5.75. The summed E-state index contributed by atoms with van der Waals surface area (Å²) in [6.45, 7) is 2.22. The Kier molecular flexibility index (Phi) is 7.17. The maximum absolute atomic E-state index is 12.2. The minimum absolute atomic E-state index is 0.556. The number of carbonyl (C=O) groups excluding carboxylic acids is 1. The van der Waals surface area contributed by atoms with Crippen molar-refractivity contribution in [1.82, 2.24) is 0 Å². The van der Waals surface area contributed by atoms with E-state index >= 15 is 0 Å². The van der Waals surface area contributed by atoms with Crippen molar-refractivity contribution in [3.8, 4) is 0 Å². The standard InChI is InChI=1S/C19H29F3O2/c1-2-3-4-5-14-6-8-15(9-7-14)16-10-12-17(13-11-16)24-18(23)19(20,21)22/h6,15-17H,2-5,7-13H2,1H3. The zero-order valence-electron chi connectivity index (χ0n) is 14.5. The third kappa shape index (κ3) is 5.82. The number of esters is 1. The number of allylic oxidation sites excluding steroid dienone is 2. The van der Waals surface area contributed by atoms with Gasteiger partial charge in [-0.2, -0.15) is 13.2 Å². The predicted octanol–water partition coefficient (Wildman–Crippen LogP) is 5.96. The maximum atomic E-state index is 12.2. The molecule has 1 saturated carbocycles. The van der Waals surface area contributed by atoms with Gasteiger partial charge >= 0.3 is 12.1 Å². The van der Waals surface area contributed by atoms with Gasteiger partial charge in [0.25, 0.3) is 0 Å². The second-order valence-electron chi connectivity index (χ2n) is 7.29. The molecule has 0 bridgehead atoms. The van der Waals surface area contributed by atoms with Crippen LogP contribution in [0.2, 0.25) is 0 Å². The molecule has 0 aromatic carbocycles. The van der Waals surface area contributed by atoms with Crippen LogP contribution in [0.25, 0.3) is 0 Å². The predicted molar refractivity (Wildman–Crippen MR) is 87.5 cm³/mol. The van der Waals surface area contributed by atoms with E-state index in [0.717, 1.165) is 19.3 Å². The minimum atomic E-state index is -4.88. The number of alkyl halides is 3. The topological polar surface area (TPSA) is 26.3 Å². The second-order valence-corrected chi connectivity index (χ2v) is 7.29. The van der Waals surface area contributed by atoms with E-state index in [1.165, 1.54) is 38.5 Å². The Morgan fingerprint density at radius 2 is 1.83 bits per heavy atom. The molecule has 0 saturated heterocycles. The zero-order valence-corrected chi connectivity index (χ0v) is 14.5. The summed E-state index contributed by atoms with van der Waals surface area (Å²) in [5.41, 5.74) is 1.59. The lowest BCUT2D eigenvalue weighted by Crippen LogP contribution is -2.33. The van der Waals surface area contributed by atoms with Gasteiger partial charge in [-0.25, -0.2) is 4.79 Å². The first-order chi connectivity index (χ1) is 11.4. The van der Waals surface area contributed by atoms with Gasteiger partial charge in [0, 0.05) is 0 Å². The van der Waals surface area contributed by atoms with Crippen LogP contribution in [0.1, 0.15) is 77.6 Å². The molecule has 0 heterocycles. The summed E-state index contributed by atoms with van der Waals surface area (Å²) in [5.74, 6) is -0.818. The molecule has 1 atom stereocenters. The molecule has 0 spiro atoms. The molecular formula is C19H29F3O2. The Labute approximate surface area is 142 Å². The largest absolute Gasteiger partial charge is 0.490 e. The highest BCUT2D eigenvalue weighted by Gasteiger charge is 2.43. The summed E-state index contributed by atoms with van der Waals surface area (Å²) < 4.78 is 41.3. The third-order valence-corrected chi connectivity index (χ3v) is 5.54. The number of hydrogen-bond donors (Lipinski definition) is 0. The fraction of sp³-hybridized carbons (Fsp3) is 0.842. The molecule has 1 fully saturated rings. The molecule has 138 valence electrons. The van der Waals surface area contributed by atoms with Crippen molar-refractivity contribution in [2.45, 2.75) is 89.8 Å². The van der Waals surface area contributed by atoms with Crippen LogP contribution in [0.3, 0.4) is 0 Å². The quantitative estimate of drug-likeness (QED) is 0.337. The highest BCUT2D eigenvalue weighted by Crippen LogP contribution is 2.39. The van der Waals surface area contributed by atoms with Gasteiger partial charge in [0.15, 0.2) is 0 Å². The number of unbranched alkanes of at least 4 members (excludes halogenated alkanes) is 2. The van der Waals surface area contributed by atoms with Gasteiger partial charge in [-0.15, -0.1) is 0 Å². The van der Waals surface area contributed by atoms with E-state index in [2.05, 4.69) is 17.7 Å². The van der Waals surface area contributed by atoms with Crippen LogP contribution in [0.5, 0.6) is 0 Å². The highest BCUT2D eigenvalue weighted by atomic mass is 19.4. The van der Waals surface area contributed by atoms with Crippen molar-refractivity contribution in [1.29, 1.82) is 0 Å². The van der Waals surface area contributed by atoms with Gasteiger partial charge in [-0.1, -0.05) is 31.4 Å². The van der Waals surface area contributed by atoms with Crippen molar-refractivity contribution in [3.63, 3.8) is 0 Å². The molecular weight excluding hydrogens is 317 g/mol. The van der Waals surface area contributed by atoms with Crippen molar-refractivity contribution in [3.05, 3.63) is 11.6 Å². The van der Waals surface area contributed by atoms with Crippen LogP contribution >= 0.6 is 0 Å². The first-order valence-corrected chi connectivity index (χ1v) is 9.35. The molecule has 2 nitrogen and oxygen atoms in total. The van der Waals surface area contributed by atoms with E-state index in [0.29, 0.717) is 24.7 Å². The first-order valence-electron chi connectivity index (χ1n) is 9.35. The average molecular weight is 346 g/mol. The lowest BCUT2D eigenvalue weighted by Gasteiger charge is -2.35. The number of rotatable bonds is 6. The van der Waals surface area contributed by atoms with E-state index in [1.54, 1.807) is 5.57 Å². The summed E-state index contributed by atoms with van der Waals surface area (Å²) >= 11 is 0. The Bertz CT molecular complexity index is 434. The van der Waals surface area contributed by atoms with Gasteiger partial charge in [-0.3, -0.25) is 0 Å². The number of halogens is 3. The van der Waals surface area contributed by atoms with Crippen LogP contribution in [0, 0.1) is 11.8 Å². The maximum Gasteiger partial charge on any atom is 0.490 e. The van der Waals surface area contributed by atoms with Crippen molar-refractivity contribution in [2.24, 2.45) is 11.8 Å². The summed E-state index contributed by atoms with van der Waals surface area (Å²) in [4.78, 5) is 10.9. The van der Waals surface area contributed by atoms with Crippen LogP contribution < -0.4 is 0 Å². The molecule has 0 aliphatic heterocycles. The molecule has 24 heavy (non-hydrogen) atoms. The van der Waals surface area contributed by atoms with E-state index < -0.39 is 18.2 Å². The minimum Gasteiger partial charge on any atom is -0.456 e. The molecule has 2 rings (SSSR count). The average Bonchev–Trinajstić information content (AvgIpc) is 2.56. The van der Waals surface area contributed by atoms with Crippen LogP contribution in [0.15, 0.2) is 11.6 Å². The van der Waals surface area contributed by atoms with Crippen LogP contribution in [-0.4, -0.2) is 18.2 Å². The molecule has 2 aliphatic carbocycles. The number of carbonyl (C=O) groups is 1. The molecule has 0 N–H and O–H groups in total. The van der Waals surface area contributed by atoms with Gasteiger partial charge in [0.1, 0.15) is 6.10 Å². The molecule has 0 aromatic rings. The van der Waals surface area contributed by atoms with E-state index in [1.807, 2.05) is 0 Å². The smallest absolute Gasteiger partial charge is 0.456 e. The Hall–Kier alpha value is -1.00. The second kappa shape index (κ2) is 8.91. The van der Waals surface area contributed by atoms with Crippen LogP contribution in [-0.2, 0) is 9.53 Å². The van der Waals surface area contributed by atoms with E-state index in [-0.39, 0.29) is 0 Å². The zero-order chi connectivity index (χ0) is 17.6. The van der Waals surface area contributed by atoms with Gasteiger partial charge in [0.05, 0.1) is 0 Å². The van der Waals surface area contributed by atoms with Gasteiger partial charge in [0.2, 0.25) is 0 Å². The Morgan fingerprint density at radius 1 is 1.12 bits per heavy atom. The van der Waals surface area contributed by atoms with Crippen LogP contribution in [0.4, 0.5) is 13.2 Å². The Balaban J connectivity index is 1.71. The van der Waals surface area contributed by atoms with Crippen molar-refractivity contribution < 1.29 is 22.7 Å². The SMILES string of the molecule is CCCCCC1=CCC(C2CCC(OC(=O)C(F)(F)F)CC2)CC1. The first kappa shape index (κ1) is 19.3. The number of ether oxygens (including phenoxy) is 1. The summed E-state index contributed by atoms with van der Waals surface area (Å²) in [6, 6.07) is 0. The normalized spacial score (nSPS) is 28.3. The lowest BCUT2D eigenvalue weighted by molar-refractivity contribution is -0.206. The summed E-state index contributed by atoms with van der Waals surface area (Å²) in [6.07, 6.45) is 8.39. The summed E-state index contributed by atoms with van der Waals surface area (Å²) in [7, 11) is 0. The lowest BCUT2D eigenvalue weighted by atomic mass is 9.73. The number of hydrogen-bond acceptors (Lipinski definition) is 2. The van der Waals surface area contributed by atoms with Gasteiger partial charge < -0.3 is 4.74 Å². The Morgan fingerprint density at radius 3 is 2.38 bits per heavy atom. The third-order valence-electron chi connectivity index (χ3n) is 5.54. The van der Waals surface area contributed by atoms with Crippen molar-refractivity contribution >= 4 is 5.97 Å². The van der Waals surface area contributed by atoms with E-state index in [9.17, 15) is 18.0 Å². The van der Waals surface area contributed by atoms with Gasteiger partial charge in [-0.05, 0) is 69.6 Å². The fourth-order valence-electron chi connectivity index (χ4n) is 4.06. The summed E-state index contributed by atoms with van der Waals surface area (Å²) in [5, 5.41) is 0. The monoisotopic (exact) mass is 346 g/mol. The molecule has 0 radical (unpaired) electrons. The van der Waals surface area contributed by atoms with Crippen molar-refractivity contribution in [2.75, 3.05) is 0 Å². The molecule has 1 unspecified atom stereocenters. The fourth-order valence-corrected chi connectivity index (χ4v) is 4.06. The van der Waals surface area contributed by atoms with E-state index in [4.69, 9.17) is 0 Å².